The van der Waals surface area contributed by atoms with Gasteiger partial charge in [0.25, 0.3) is 5.91 Å². The molecule has 0 saturated carbocycles. The Morgan fingerprint density at radius 1 is 1.12 bits per heavy atom. The molecular formula is C19H24FN3O3. The van der Waals surface area contributed by atoms with Crippen molar-refractivity contribution in [3.05, 3.63) is 35.6 Å². The number of hydrogen-bond acceptors (Lipinski definition) is 3. The van der Waals surface area contributed by atoms with E-state index in [1.165, 1.54) is 24.3 Å². The summed E-state index contributed by atoms with van der Waals surface area (Å²) >= 11 is 0. The lowest BCUT2D eigenvalue weighted by atomic mass is 9.87. The predicted molar refractivity (Wildman–Crippen MR) is 93.7 cm³/mol. The van der Waals surface area contributed by atoms with Crippen LogP contribution in [0.25, 0.3) is 0 Å². The Hall–Kier alpha value is -2.44. The Bertz CT molecular complexity index is 698. The van der Waals surface area contributed by atoms with Gasteiger partial charge in [-0.3, -0.25) is 14.5 Å². The van der Waals surface area contributed by atoms with Crippen molar-refractivity contribution in [3.8, 4) is 0 Å². The Kier molecular flexibility index (Phi) is 5.25. The number of nitrogens with zero attached hydrogens (tertiary/aromatic N) is 2. The SMILES string of the molecule is CC[C@]1(c2ccc(F)cc2)NC(=O)N(CC(=O)N2CCCCCC2)C1=O. The number of halogens is 1. The zero-order valence-electron chi connectivity index (χ0n) is 15.0. The monoisotopic (exact) mass is 361 g/mol. The maximum Gasteiger partial charge on any atom is 0.325 e. The molecular weight excluding hydrogens is 337 g/mol. The van der Waals surface area contributed by atoms with E-state index >= 15 is 0 Å². The lowest BCUT2D eigenvalue weighted by Crippen LogP contribution is -2.45. The topological polar surface area (TPSA) is 69.7 Å². The molecule has 7 heteroatoms. The van der Waals surface area contributed by atoms with Crippen molar-refractivity contribution in [1.82, 2.24) is 15.1 Å². The zero-order chi connectivity index (χ0) is 18.7. The number of urea groups is 1. The van der Waals surface area contributed by atoms with Crippen LogP contribution in [0.2, 0.25) is 0 Å². The molecule has 0 aliphatic carbocycles. The molecule has 2 saturated heterocycles. The fraction of sp³-hybridized carbons (Fsp3) is 0.526. The molecule has 26 heavy (non-hydrogen) atoms. The Balaban J connectivity index is 1.79. The molecule has 1 aromatic rings. The first-order valence-electron chi connectivity index (χ1n) is 9.16. The summed E-state index contributed by atoms with van der Waals surface area (Å²) in [6.45, 7) is 2.86. The van der Waals surface area contributed by atoms with Crippen LogP contribution >= 0.6 is 0 Å². The minimum atomic E-state index is -1.25. The Morgan fingerprint density at radius 3 is 2.31 bits per heavy atom. The molecule has 0 spiro atoms. The summed E-state index contributed by atoms with van der Waals surface area (Å²) < 4.78 is 13.2. The molecule has 1 aromatic carbocycles. The number of likely N-dealkylation sites (tertiary alicyclic amines) is 1. The third-order valence-corrected chi connectivity index (χ3v) is 5.30. The van der Waals surface area contributed by atoms with Crippen LogP contribution in [-0.2, 0) is 15.1 Å². The van der Waals surface area contributed by atoms with Gasteiger partial charge in [0.1, 0.15) is 17.9 Å². The van der Waals surface area contributed by atoms with E-state index in [9.17, 15) is 18.8 Å². The number of nitrogens with one attached hydrogen (secondary N) is 1. The molecule has 2 fully saturated rings. The van der Waals surface area contributed by atoms with Gasteiger partial charge in [0, 0.05) is 13.1 Å². The van der Waals surface area contributed by atoms with Crippen molar-refractivity contribution in [1.29, 1.82) is 0 Å². The first-order valence-corrected chi connectivity index (χ1v) is 9.16. The van der Waals surface area contributed by atoms with Crippen LogP contribution in [0.15, 0.2) is 24.3 Å². The van der Waals surface area contributed by atoms with Crippen molar-refractivity contribution in [2.45, 2.75) is 44.6 Å². The summed E-state index contributed by atoms with van der Waals surface area (Å²) in [5.41, 5.74) is -0.728. The first kappa shape index (κ1) is 18.4. The molecule has 2 aliphatic heterocycles. The van der Waals surface area contributed by atoms with Crippen LogP contribution in [-0.4, -0.2) is 47.3 Å². The summed E-state index contributed by atoms with van der Waals surface area (Å²) in [7, 11) is 0. The van der Waals surface area contributed by atoms with Crippen molar-refractivity contribution >= 4 is 17.8 Å². The fourth-order valence-corrected chi connectivity index (χ4v) is 3.70. The molecule has 1 N–H and O–H groups in total. The molecule has 0 radical (unpaired) electrons. The van der Waals surface area contributed by atoms with E-state index in [1.807, 2.05) is 0 Å². The first-order chi connectivity index (χ1) is 12.5. The van der Waals surface area contributed by atoms with Gasteiger partial charge >= 0.3 is 6.03 Å². The minimum Gasteiger partial charge on any atom is -0.341 e. The van der Waals surface area contributed by atoms with Gasteiger partial charge in [-0.1, -0.05) is 31.9 Å². The average Bonchev–Trinajstić information content (AvgIpc) is 2.83. The third kappa shape index (κ3) is 3.30. The highest BCUT2D eigenvalue weighted by Crippen LogP contribution is 2.32. The van der Waals surface area contributed by atoms with Crippen LogP contribution in [0.4, 0.5) is 9.18 Å². The molecule has 2 heterocycles. The van der Waals surface area contributed by atoms with E-state index in [0.29, 0.717) is 25.1 Å². The van der Waals surface area contributed by atoms with Crippen LogP contribution in [0, 0.1) is 5.82 Å². The van der Waals surface area contributed by atoms with E-state index in [1.54, 1.807) is 11.8 Å². The average molecular weight is 361 g/mol. The normalized spacial score (nSPS) is 23.8. The van der Waals surface area contributed by atoms with E-state index in [2.05, 4.69) is 5.32 Å². The van der Waals surface area contributed by atoms with E-state index in [-0.39, 0.29) is 12.5 Å². The van der Waals surface area contributed by atoms with Gasteiger partial charge in [0.15, 0.2) is 0 Å². The number of carbonyl (C=O) groups excluding carboxylic acids is 3. The highest BCUT2D eigenvalue weighted by molar-refractivity contribution is 6.09. The molecule has 1 atom stereocenters. The van der Waals surface area contributed by atoms with Gasteiger partial charge in [-0.2, -0.15) is 0 Å². The van der Waals surface area contributed by atoms with Crippen LogP contribution in [0.1, 0.15) is 44.6 Å². The summed E-state index contributed by atoms with van der Waals surface area (Å²) in [5.74, 6) is -1.08. The molecule has 0 aromatic heterocycles. The number of amides is 4. The van der Waals surface area contributed by atoms with Crippen LogP contribution in [0.5, 0.6) is 0 Å². The number of benzene rings is 1. The zero-order valence-corrected chi connectivity index (χ0v) is 15.0. The van der Waals surface area contributed by atoms with E-state index in [4.69, 9.17) is 0 Å². The van der Waals surface area contributed by atoms with Gasteiger partial charge in [-0.15, -0.1) is 0 Å². The molecule has 6 nitrogen and oxygen atoms in total. The highest BCUT2D eigenvalue weighted by Gasteiger charge is 2.51. The maximum atomic E-state index is 13.2. The molecule has 3 rings (SSSR count). The lowest BCUT2D eigenvalue weighted by molar-refractivity contribution is -0.139. The second-order valence-electron chi connectivity index (χ2n) is 6.88. The van der Waals surface area contributed by atoms with Gasteiger partial charge in [0.05, 0.1) is 0 Å². The third-order valence-electron chi connectivity index (χ3n) is 5.30. The number of hydrogen-bond donors (Lipinski definition) is 1. The standard InChI is InChI=1S/C19H24FN3O3/c1-2-19(14-7-9-15(20)10-8-14)17(25)23(18(26)21-19)13-16(24)22-11-5-3-4-6-12-22/h7-10H,2-6,11-13H2,1H3,(H,21,26)/t19-/m1/s1. The molecule has 4 amide bonds. The predicted octanol–water partition coefficient (Wildman–Crippen LogP) is 2.39. The quantitative estimate of drug-likeness (QED) is 0.837. The summed E-state index contributed by atoms with van der Waals surface area (Å²) in [5, 5.41) is 2.72. The second kappa shape index (κ2) is 7.43. The molecule has 0 unspecified atom stereocenters. The van der Waals surface area contributed by atoms with Crippen LogP contribution < -0.4 is 5.32 Å². The van der Waals surface area contributed by atoms with E-state index in [0.717, 1.165) is 30.6 Å². The molecule has 2 aliphatic rings. The summed E-state index contributed by atoms with van der Waals surface area (Å²) in [6.07, 6.45) is 4.39. The van der Waals surface area contributed by atoms with E-state index < -0.39 is 23.3 Å². The summed E-state index contributed by atoms with van der Waals surface area (Å²) in [4.78, 5) is 40.8. The number of carbonyl (C=O) groups is 3. The van der Waals surface area contributed by atoms with Gasteiger partial charge in [-0.05, 0) is 37.0 Å². The van der Waals surface area contributed by atoms with Gasteiger partial charge < -0.3 is 10.2 Å². The van der Waals surface area contributed by atoms with Crippen molar-refractivity contribution in [3.63, 3.8) is 0 Å². The van der Waals surface area contributed by atoms with Crippen molar-refractivity contribution in [2.24, 2.45) is 0 Å². The Labute approximate surface area is 152 Å². The smallest absolute Gasteiger partial charge is 0.325 e. The van der Waals surface area contributed by atoms with Gasteiger partial charge in [-0.25, -0.2) is 9.18 Å². The maximum absolute atomic E-state index is 13.2. The number of rotatable bonds is 4. The van der Waals surface area contributed by atoms with Gasteiger partial charge in [0.2, 0.25) is 5.91 Å². The highest BCUT2D eigenvalue weighted by atomic mass is 19.1. The van der Waals surface area contributed by atoms with Crippen molar-refractivity contribution in [2.75, 3.05) is 19.6 Å². The molecule has 140 valence electrons. The summed E-state index contributed by atoms with van der Waals surface area (Å²) in [6, 6.07) is 4.94. The van der Waals surface area contributed by atoms with Crippen LogP contribution in [0.3, 0.4) is 0 Å². The minimum absolute atomic E-state index is 0.207. The largest absolute Gasteiger partial charge is 0.341 e. The second-order valence-corrected chi connectivity index (χ2v) is 6.88. The number of imide groups is 1. The Morgan fingerprint density at radius 2 is 1.73 bits per heavy atom. The van der Waals surface area contributed by atoms with Crippen molar-refractivity contribution < 1.29 is 18.8 Å². The lowest BCUT2D eigenvalue weighted by Gasteiger charge is -2.26. The fourth-order valence-electron chi connectivity index (χ4n) is 3.70. The molecule has 0 bridgehead atoms.